The fraction of sp³-hybridized carbons (Fsp3) is 0.250. The van der Waals surface area contributed by atoms with E-state index >= 15 is 0 Å². The average Bonchev–Trinajstić information content (AvgIpc) is 2.82. The number of aryl methyl sites for hydroxylation is 3. The first kappa shape index (κ1) is 15.0. The molecule has 0 saturated carbocycles. The van der Waals surface area contributed by atoms with Gasteiger partial charge < -0.3 is 14.3 Å². The van der Waals surface area contributed by atoms with Crippen molar-refractivity contribution in [3.05, 3.63) is 52.4 Å². The Labute approximate surface area is 132 Å². The highest BCUT2D eigenvalue weighted by Gasteiger charge is 2.15. The van der Waals surface area contributed by atoms with Gasteiger partial charge in [0.05, 0.1) is 5.39 Å². The lowest BCUT2D eigenvalue weighted by Gasteiger charge is -2.07. The van der Waals surface area contributed by atoms with Gasteiger partial charge in [0.1, 0.15) is 17.9 Å². The van der Waals surface area contributed by atoms with Gasteiger partial charge in [0, 0.05) is 30.8 Å². The van der Waals surface area contributed by atoms with Crippen LogP contribution in [-0.4, -0.2) is 20.4 Å². The molecule has 118 valence electrons. The first-order valence-electron chi connectivity index (χ1n) is 7.22. The summed E-state index contributed by atoms with van der Waals surface area (Å²) in [7, 11) is 0. The number of pyridine rings is 1. The molecule has 1 N–H and O–H groups in total. The SMILES string of the molecule is Cc1oc2ncnc(NC(=O)CCn3ccccc3=O)c2c1C. The van der Waals surface area contributed by atoms with E-state index in [0.29, 0.717) is 23.5 Å². The molecule has 0 aromatic carbocycles. The lowest BCUT2D eigenvalue weighted by atomic mass is 10.2. The van der Waals surface area contributed by atoms with E-state index in [0.717, 1.165) is 11.3 Å². The highest BCUT2D eigenvalue weighted by atomic mass is 16.3. The number of aromatic nitrogens is 3. The van der Waals surface area contributed by atoms with Crippen molar-refractivity contribution in [3.63, 3.8) is 0 Å². The molecule has 3 aromatic rings. The van der Waals surface area contributed by atoms with E-state index in [1.54, 1.807) is 18.3 Å². The zero-order chi connectivity index (χ0) is 16.4. The maximum Gasteiger partial charge on any atom is 0.250 e. The molecular formula is C16H16N4O3. The third-order valence-electron chi connectivity index (χ3n) is 3.70. The zero-order valence-corrected chi connectivity index (χ0v) is 12.9. The van der Waals surface area contributed by atoms with Crippen molar-refractivity contribution in [2.75, 3.05) is 5.32 Å². The van der Waals surface area contributed by atoms with E-state index in [2.05, 4.69) is 15.3 Å². The number of nitrogens with zero attached hydrogens (tertiary/aromatic N) is 3. The summed E-state index contributed by atoms with van der Waals surface area (Å²) in [5.41, 5.74) is 1.21. The normalized spacial score (nSPS) is 10.9. The molecule has 0 fully saturated rings. The van der Waals surface area contributed by atoms with Gasteiger partial charge in [-0.2, -0.15) is 0 Å². The number of anilines is 1. The summed E-state index contributed by atoms with van der Waals surface area (Å²) in [4.78, 5) is 31.9. The summed E-state index contributed by atoms with van der Waals surface area (Å²) in [6.45, 7) is 4.04. The van der Waals surface area contributed by atoms with Gasteiger partial charge in [-0.05, 0) is 19.9 Å². The van der Waals surface area contributed by atoms with E-state index in [-0.39, 0.29) is 17.9 Å². The summed E-state index contributed by atoms with van der Waals surface area (Å²) in [6.07, 6.45) is 3.18. The monoisotopic (exact) mass is 312 g/mol. The second-order valence-corrected chi connectivity index (χ2v) is 5.22. The molecule has 23 heavy (non-hydrogen) atoms. The Hall–Kier alpha value is -2.96. The smallest absolute Gasteiger partial charge is 0.250 e. The van der Waals surface area contributed by atoms with Crippen LogP contribution in [0.25, 0.3) is 11.1 Å². The number of nitrogens with one attached hydrogen (secondary N) is 1. The molecule has 0 bridgehead atoms. The van der Waals surface area contributed by atoms with Crippen molar-refractivity contribution < 1.29 is 9.21 Å². The molecule has 0 aliphatic rings. The van der Waals surface area contributed by atoms with Gasteiger partial charge in [-0.15, -0.1) is 0 Å². The van der Waals surface area contributed by atoms with Gasteiger partial charge in [-0.3, -0.25) is 9.59 Å². The highest BCUT2D eigenvalue weighted by Crippen LogP contribution is 2.27. The number of hydrogen-bond donors (Lipinski definition) is 1. The van der Waals surface area contributed by atoms with Crippen molar-refractivity contribution in [1.29, 1.82) is 0 Å². The predicted molar refractivity (Wildman–Crippen MR) is 85.2 cm³/mol. The largest absolute Gasteiger partial charge is 0.443 e. The Morgan fingerprint density at radius 1 is 1.30 bits per heavy atom. The van der Waals surface area contributed by atoms with Crippen LogP contribution < -0.4 is 10.9 Å². The van der Waals surface area contributed by atoms with Gasteiger partial charge in [0.2, 0.25) is 11.6 Å². The van der Waals surface area contributed by atoms with Crippen molar-refractivity contribution >= 4 is 22.8 Å². The van der Waals surface area contributed by atoms with Crippen molar-refractivity contribution in [2.45, 2.75) is 26.8 Å². The third kappa shape index (κ3) is 2.98. The fourth-order valence-electron chi connectivity index (χ4n) is 2.34. The molecule has 7 heteroatoms. The predicted octanol–water partition coefficient (Wildman–Crippen LogP) is 2.03. The number of rotatable bonds is 4. The quantitative estimate of drug-likeness (QED) is 0.796. The Morgan fingerprint density at radius 2 is 2.13 bits per heavy atom. The molecule has 0 radical (unpaired) electrons. The Morgan fingerprint density at radius 3 is 2.91 bits per heavy atom. The molecule has 0 aliphatic heterocycles. The molecular weight excluding hydrogens is 296 g/mol. The Bertz CT molecular complexity index is 926. The minimum absolute atomic E-state index is 0.133. The minimum Gasteiger partial charge on any atom is -0.443 e. The van der Waals surface area contributed by atoms with Gasteiger partial charge in [0.15, 0.2) is 0 Å². The van der Waals surface area contributed by atoms with Crippen LogP contribution in [0.2, 0.25) is 0 Å². The van der Waals surface area contributed by atoms with Gasteiger partial charge in [-0.25, -0.2) is 9.97 Å². The van der Waals surface area contributed by atoms with Gasteiger partial charge in [0.25, 0.3) is 5.56 Å². The highest BCUT2D eigenvalue weighted by molar-refractivity contribution is 5.99. The molecule has 1 amide bonds. The zero-order valence-electron chi connectivity index (χ0n) is 12.9. The van der Waals surface area contributed by atoms with Crippen LogP contribution in [0.15, 0.2) is 39.9 Å². The van der Waals surface area contributed by atoms with Gasteiger partial charge in [-0.1, -0.05) is 6.07 Å². The topological polar surface area (TPSA) is 90.0 Å². The Balaban J connectivity index is 1.76. The van der Waals surface area contributed by atoms with Crippen LogP contribution in [-0.2, 0) is 11.3 Å². The molecule has 3 heterocycles. The van der Waals surface area contributed by atoms with E-state index in [1.165, 1.54) is 17.0 Å². The van der Waals surface area contributed by atoms with Crippen LogP contribution in [0.5, 0.6) is 0 Å². The van der Waals surface area contributed by atoms with Crippen LogP contribution in [0.4, 0.5) is 5.82 Å². The van der Waals surface area contributed by atoms with E-state index < -0.39 is 0 Å². The van der Waals surface area contributed by atoms with Crippen LogP contribution >= 0.6 is 0 Å². The molecule has 0 saturated heterocycles. The third-order valence-corrected chi connectivity index (χ3v) is 3.70. The minimum atomic E-state index is -0.223. The molecule has 0 aliphatic carbocycles. The molecule has 3 aromatic heterocycles. The number of furan rings is 1. The summed E-state index contributed by atoms with van der Waals surface area (Å²) in [6, 6.07) is 4.88. The Kier molecular flexibility index (Phi) is 3.92. The standard InChI is InChI=1S/C16H16N4O3/c1-10-11(2)23-16-14(10)15(17-9-18-16)19-12(21)6-8-20-7-4-3-5-13(20)22/h3-5,7,9H,6,8H2,1-2H3,(H,17,18,19,21). The second-order valence-electron chi connectivity index (χ2n) is 5.22. The number of fused-ring (bicyclic) bond motifs is 1. The second kappa shape index (κ2) is 6.04. The van der Waals surface area contributed by atoms with Crippen LogP contribution in [0.1, 0.15) is 17.7 Å². The maximum absolute atomic E-state index is 12.1. The van der Waals surface area contributed by atoms with Crippen molar-refractivity contribution in [2.24, 2.45) is 0 Å². The summed E-state index contributed by atoms with van der Waals surface area (Å²) in [5.74, 6) is 0.945. The summed E-state index contributed by atoms with van der Waals surface area (Å²) >= 11 is 0. The van der Waals surface area contributed by atoms with Crippen LogP contribution in [0.3, 0.4) is 0 Å². The van der Waals surface area contributed by atoms with Gasteiger partial charge >= 0.3 is 0 Å². The van der Waals surface area contributed by atoms with E-state index in [9.17, 15) is 9.59 Å². The molecule has 0 spiro atoms. The van der Waals surface area contributed by atoms with Crippen molar-refractivity contribution in [1.82, 2.24) is 14.5 Å². The maximum atomic E-state index is 12.1. The lowest BCUT2D eigenvalue weighted by molar-refractivity contribution is -0.116. The number of amides is 1. The van der Waals surface area contributed by atoms with Crippen LogP contribution in [0, 0.1) is 13.8 Å². The summed E-state index contributed by atoms with van der Waals surface area (Å²) in [5, 5.41) is 3.47. The molecule has 3 rings (SSSR count). The summed E-state index contributed by atoms with van der Waals surface area (Å²) < 4.78 is 7.01. The molecule has 0 unspecified atom stereocenters. The van der Waals surface area contributed by atoms with E-state index in [4.69, 9.17) is 4.42 Å². The number of hydrogen-bond acceptors (Lipinski definition) is 5. The lowest BCUT2D eigenvalue weighted by Crippen LogP contribution is -2.22. The average molecular weight is 312 g/mol. The molecule has 0 atom stereocenters. The first-order chi connectivity index (χ1) is 11.1. The van der Waals surface area contributed by atoms with E-state index in [1.807, 2.05) is 13.8 Å². The first-order valence-corrected chi connectivity index (χ1v) is 7.22. The number of carbonyl (C=O) groups is 1. The fourth-order valence-corrected chi connectivity index (χ4v) is 2.34. The van der Waals surface area contributed by atoms with Crippen molar-refractivity contribution in [3.8, 4) is 0 Å². The number of carbonyl (C=O) groups excluding carboxylic acids is 1. The molecule has 7 nitrogen and oxygen atoms in total.